The van der Waals surface area contributed by atoms with E-state index in [4.69, 9.17) is 0 Å². The molecule has 1 atom stereocenters. The number of aromatic nitrogens is 3. The van der Waals surface area contributed by atoms with E-state index in [1.165, 1.54) is 5.57 Å². The topological polar surface area (TPSA) is 76.9 Å². The van der Waals surface area contributed by atoms with E-state index in [-0.39, 0.29) is 24.1 Å². The predicted molar refractivity (Wildman–Crippen MR) is 104 cm³/mol. The highest BCUT2D eigenvalue weighted by atomic mass is 16.2. The molecular weight excluding hydrogens is 328 g/mol. The molecule has 1 aromatic heterocycles. The highest BCUT2D eigenvalue weighted by Gasteiger charge is 2.14. The lowest BCUT2D eigenvalue weighted by atomic mass is 10.0. The van der Waals surface area contributed by atoms with Gasteiger partial charge in [0.05, 0.1) is 11.4 Å². The maximum atomic E-state index is 12.4. The normalized spacial score (nSPS) is 12.9. The standard InChI is InChI=1S/C20H24N4O2/c1-6-16(14(4)11-13(2)3)15(5)21-19(25)12-24-20(26)17-9-7-8-10-18(17)22-23-24/h6-11,15H,1,12H2,2-5H3,(H,21,25)/b16-14+/t15-/m0/s1. The molecule has 0 saturated heterocycles. The van der Waals surface area contributed by atoms with Crippen molar-refractivity contribution in [2.75, 3.05) is 0 Å². The molecule has 0 unspecified atom stereocenters. The second-order valence-corrected chi connectivity index (χ2v) is 6.42. The summed E-state index contributed by atoms with van der Waals surface area (Å²) in [6.45, 7) is 11.5. The van der Waals surface area contributed by atoms with Gasteiger partial charge in [0.2, 0.25) is 5.91 Å². The van der Waals surface area contributed by atoms with Crippen LogP contribution in [0.3, 0.4) is 0 Å². The van der Waals surface area contributed by atoms with Crippen LogP contribution in [0, 0.1) is 0 Å². The Morgan fingerprint density at radius 3 is 2.65 bits per heavy atom. The third kappa shape index (κ3) is 4.53. The molecule has 2 rings (SSSR count). The molecule has 0 bridgehead atoms. The van der Waals surface area contributed by atoms with Gasteiger partial charge >= 0.3 is 0 Å². The van der Waals surface area contributed by atoms with Gasteiger partial charge in [0.25, 0.3) is 5.56 Å². The van der Waals surface area contributed by atoms with Gasteiger partial charge in [-0.05, 0) is 51.0 Å². The number of amides is 1. The molecule has 1 heterocycles. The van der Waals surface area contributed by atoms with Crippen LogP contribution in [0.15, 0.2) is 64.5 Å². The van der Waals surface area contributed by atoms with E-state index in [1.807, 2.05) is 33.8 Å². The van der Waals surface area contributed by atoms with Crippen LogP contribution in [0.5, 0.6) is 0 Å². The Bertz CT molecular complexity index is 950. The van der Waals surface area contributed by atoms with Crippen LogP contribution in [-0.2, 0) is 11.3 Å². The SMILES string of the molecule is C=C/C(=C(/C)C=C(C)C)[C@H](C)NC(=O)Cn1nnc2ccccc2c1=O. The van der Waals surface area contributed by atoms with Crippen LogP contribution in [0.25, 0.3) is 10.9 Å². The van der Waals surface area contributed by atoms with Gasteiger partial charge in [0.1, 0.15) is 12.1 Å². The fraction of sp³-hybridized carbons (Fsp3) is 0.300. The molecule has 0 aliphatic heterocycles. The van der Waals surface area contributed by atoms with Crippen molar-refractivity contribution in [3.05, 3.63) is 70.1 Å². The summed E-state index contributed by atoms with van der Waals surface area (Å²) in [4.78, 5) is 24.8. The summed E-state index contributed by atoms with van der Waals surface area (Å²) in [5.74, 6) is -0.312. The molecular formula is C20H24N4O2. The lowest BCUT2D eigenvalue weighted by Gasteiger charge is -2.17. The van der Waals surface area contributed by atoms with E-state index in [2.05, 4.69) is 22.2 Å². The van der Waals surface area contributed by atoms with Crippen molar-refractivity contribution < 1.29 is 4.79 Å². The smallest absolute Gasteiger partial charge is 0.278 e. The lowest BCUT2D eigenvalue weighted by Crippen LogP contribution is -2.39. The van der Waals surface area contributed by atoms with Gasteiger partial charge in [-0.2, -0.15) is 0 Å². The Morgan fingerprint density at radius 2 is 2.00 bits per heavy atom. The summed E-state index contributed by atoms with van der Waals surface area (Å²) in [7, 11) is 0. The number of rotatable bonds is 6. The van der Waals surface area contributed by atoms with Gasteiger partial charge in [-0.3, -0.25) is 9.59 Å². The van der Waals surface area contributed by atoms with Gasteiger partial charge in [0.15, 0.2) is 0 Å². The number of carbonyl (C=O) groups is 1. The zero-order valence-electron chi connectivity index (χ0n) is 15.6. The summed E-state index contributed by atoms with van der Waals surface area (Å²) in [6, 6.07) is 6.69. The molecule has 0 saturated carbocycles. The first kappa shape index (κ1) is 19.3. The number of hydrogen-bond donors (Lipinski definition) is 1. The molecule has 1 N–H and O–H groups in total. The number of benzene rings is 1. The van der Waals surface area contributed by atoms with Gasteiger partial charge in [-0.15, -0.1) is 5.10 Å². The third-order valence-corrected chi connectivity index (χ3v) is 3.95. The molecule has 1 aromatic carbocycles. The fourth-order valence-corrected chi connectivity index (χ4v) is 2.82. The molecule has 136 valence electrons. The molecule has 6 nitrogen and oxygen atoms in total. The molecule has 0 aliphatic rings. The van der Waals surface area contributed by atoms with E-state index in [1.54, 1.807) is 30.3 Å². The molecule has 26 heavy (non-hydrogen) atoms. The quantitative estimate of drug-likeness (QED) is 0.811. The van der Waals surface area contributed by atoms with E-state index < -0.39 is 0 Å². The summed E-state index contributed by atoms with van der Waals surface area (Å²) >= 11 is 0. The zero-order valence-corrected chi connectivity index (χ0v) is 15.6. The van der Waals surface area contributed by atoms with Gasteiger partial charge < -0.3 is 5.32 Å². The monoisotopic (exact) mass is 352 g/mol. The number of fused-ring (bicyclic) bond motifs is 1. The van der Waals surface area contributed by atoms with Crippen molar-refractivity contribution in [2.24, 2.45) is 0 Å². The average Bonchev–Trinajstić information content (AvgIpc) is 2.57. The number of carbonyl (C=O) groups excluding carboxylic acids is 1. The summed E-state index contributed by atoms with van der Waals surface area (Å²) in [5, 5.41) is 11.2. The van der Waals surface area contributed by atoms with Crippen LogP contribution in [-0.4, -0.2) is 26.9 Å². The van der Waals surface area contributed by atoms with Crippen molar-refractivity contribution in [2.45, 2.75) is 40.3 Å². The Morgan fingerprint density at radius 1 is 1.31 bits per heavy atom. The fourth-order valence-electron chi connectivity index (χ4n) is 2.82. The maximum absolute atomic E-state index is 12.4. The maximum Gasteiger partial charge on any atom is 0.278 e. The van der Waals surface area contributed by atoms with Crippen LogP contribution in [0.4, 0.5) is 0 Å². The van der Waals surface area contributed by atoms with Crippen molar-refractivity contribution in [1.82, 2.24) is 20.3 Å². The summed E-state index contributed by atoms with van der Waals surface area (Å²) < 4.78 is 1.07. The minimum atomic E-state index is -0.335. The van der Waals surface area contributed by atoms with Gasteiger partial charge in [0, 0.05) is 0 Å². The van der Waals surface area contributed by atoms with Crippen molar-refractivity contribution in [3.8, 4) is 0 Å². The molecule has 0 aliphatic carbocycles. The molecule has 0 radical (unpaired) electrons. The van der Waals surface area contributed by atoms with Crippen molar-refractivity contribution >= 4 is 16.8 Å². The zero-order chi connectivity index (χ0) is 19.3. The Balaban J connectivity index is 2.18. The van der Waals surface area contributed by atoms with Gasteiger partial charge in [-0.25, -0.2) is 4.68 Å². The second kappa shape index (κ2) is 8.38. The minimum Gasteiger partial charge on any atom is -0.348 e. The van der Waals surface area contributed by atoms with E-state index in [0.717, 1.165) is 15.8 Å². The number of hydrogen-bond acceptors (Lipinski definition) is 4. The first-order chi connectivity index (χ1) is 12.3. The second-order valence-electron chi connectivity index (χ2n) is 6.42. The van der Waals surface area contributed by atoms with Gasteiger partial charge in [-0.1, -0.05) is 41.7 Å². The highest BCUT2D eigenvalue weighted by Crippen LogP contribution is 2.13. The first-order valence-corrected chi connectivity index (χ1v) is 8.43. The number of allylic oxidation sites excluding steroid dienone is 3. The van der Waals surface area contributed by atoms with Crippen LogP contribution in [0.1, 0.15) is 27.7 Å². The number of nitrogens with zero attached hydrogens (tertiary/aromatic N) is 3. The molecule has 6 heteroatoms. The number of nitrogens with one attached hydrogen (secondary N) is 1. The largest absolute Gasteiger partial charge is 0.348 e. The molecule has 0 spiro atoms. The minimum absolute atomic E-state index is 0.187. The summed E-state index contributed by atoms with van der Waals surface area (Å²) in [5.41, 5.74) is 3.31. The van der Waals surface area contributed by atoms with E-state index in [9.17, 15) is 9.59 Å². The Labute approximate surface area is 152 Å². The van der Waals surface area contributed by atoms with Crippen molar-refractivity contribution in [1.29, 1.82) is 0 Å². The summed E-state index contributed by atoms with van der Waals surface area (Å²) in [6.07, 6.45) is 3.78. The van der Waals surface area contributed by atoms with E-state index >= 15 is 0 Å². The molecule has 1 amide bonds. The highest BCUT2D eigenvalue weighted by molar-refractivity contribution is 5.78. The Hall–Kier alpha value is -3.02. The molecule has 0 fully saturated rings. The Kier molecular flexibility index (Phi) is 6.22. The van der Waals surface area contributed by atoms with Crippen LogP contribution in [0.2, 0.25) is 0 Å². The average molecular weight is 352 g/mol. The van der Waals surface area contributed by atoms with Crippen LogP contribution >= 0.6 is 0 Å². The lowest BCUT2D eigenvalue weighted by molar-refractivity contribution is -0.122. The van der Waals surface area contributed by atoms with Crippen molar-refractivity contribution in [3.63, 3.8) is 0 Å². The molecule has 2 aromatic rings. The third-order valence-electron chi connectivity index (χ3n) is 3.95. The predicted octanol–water partition coefficient (Wildman–Crippen LogP) is 2.76. The van der Waals surface area contributed by atoms with Crippen LogP contribution < -0.4 is 10.9 Å². The van der Waals surface area contributed by atoms with E-state index in [0.29, 0.717) is 10.9 Å². The first-order valence-electron chi connectivity index (χ1n) is 8.43.